The van der Waals surface area contributed by atoms with Crippen molar-refractivity contribution < 1.29 is 9.53 Å². The largest absolute Gasteiger partial charge is 0.444 e. The number of nitrogens with one attached hydrogen (secondary N) is 1. The molecule has 0 aliphatic rings. The molecule has 0 saturated heterocycles. The standard InChI is InChI=1S/C13H17NO2S/c1-13(2,3)16-12(15)14-9-5-4-7-11-8-6-10-17-11/h6,8,10H,5,9H2,1-3H3,(H,14,15). The van der Waals surface area contributed by atoms with Crippen LogP contribution in [-0.2, 0) is 4.74 Å². The van der Waals surface area contributed by atoms with Gasteiger partial charge in [0.05, 0.1) is 4.88 Å². The Balaban J connectivity index is 2.18. The van der Waals surface area contributed by atoms with E-state index in [0.717, 1.165) is 4.88 Å². The van der Waals surface area contributed by atoms with Gasteiger partial charge >= 0.3 is 6.09 Å². The van der Waals surface area contributed by atoms with Gasteiger partial charge in [-0.05, 0) is 32.2 Å². The number of ether oxygens (including phenoxy) is 1. The average Bonchev–Trinajstić information content (AvgIpc) is 2.67. The molecule has 1 rings (SSSR count). The summed E-state index contributed by atoms with van der Waals surface area (Å²) in [5.74, 6) is 6.02. The highest BCUT2D eigenvalue weighted by atomic mass is 32.1. The van der Waals surface area contributed by atoms with Crippen LogP contribution in [0.3, 0.4) is 0 Å². The van der Waals surface area contributed by atoms with E-state index < -0.39 is 11.7 Å². The molecule has 0 spiro atoms. The summed E-state index contributed by atoms with van der Waals surface area (Å²) in [4.78, 5) is 12.3. The third kappa shape index (κ3) is 6.64. The van der Waals surface area contributed by atoms with E-state index in [1.54, 1.807) is 11.3 Å². The SMILES string of the molecule is CC(C)(C)OC(=O)NCCC#Cc1cccs1. The summed E-state index contributed by atoms with van der Waals surface area (Å²) in [6.07, 6.45) is 0.229. The molecule has 3 nitrogen and oxygen atoms in total. The van der Waals surface area contributed by atoms with Gasteiger partial charge in [-0.2, -0.15) is 0 Å². The van der Waals surface area contributed by atoms with Gasteiger partial charge in [0.2, 0.25) is 0 Å². The molecule has 0 bridgehead atoms. The molecule has 1 aromatic heterocycles. The lowest BCUT2D eigenvalue weighted by Gasteiger charge is -2.19. The maximum Gasteiger partial charge on any atom is 0.407 e. The Morgan fingerprint density at radius 2 is 2.29 bits per heavy atom. The lowest BCUT2D eigenvalue weighted by Crippen LogP contribution is -2.32. The molecule has 4 heteroatoms. The normalized spacial score (nSPS) is 10.3. The number of rotatable bonds is 2. The second-order valence-electron chi connectivity index (χ2n) is 4.46. The highest BCUT2D eigenvalue weighted by Crippen LogP contribution is 2.06. The fraction of sp³-hybridized carbons (Fsp3) is 0.462. The van der Waals surface area contributed by atoms with E-state index in [4.69, 9.17) is 4.74 Å². The van der Waals surface area contributed by atoms with Crippen LogP contribution >= 0.6 is 11.3 Å². The Kier molecular flexibility index (Phi) is 5.05. The number of alkyl carbamates (subject to hydrolysis) is 1. The maximum atomic E-state index is 11.3. The highest BCUT2D eigenvalue weighted by molar-refractivity contribution is 7.10. The van der Waals surface area contributed by atoms with Crippen LogP contribution in [0.1, 0.15) is 32.1 Å². The molecule has 1 N–H and O–H groups in total. The van der Waals surface area contributed by atoms with Gasteiger partial charge in [0.1, 0.15) is 5.60 Å². The lowest BCUT2D eigenvalue weighted by molar-refractivity contribution is 0.0529. The summed E-state index contributed by atoms with van der Waals surface area (Å²) in [6, 6.07) is 3.94. The quantitative estimate of drug-likeness (QED) is 0.648. The van der Waals surface area contributed by atoms with E-state index in [1.807, 2.05) is 38.3 Å². The van der Waals surface area contributed by atoms with Crippen molar-refractivity contribution in [3.8, 4) is 11.8 Å². The van der Waals surface area contributed by atoms with E-state index in [9.17, 15) is 4.79 Å². The minimum atomic E-state index is -0.452. The molecule has 1 amide bonds. The molecule has 0 fully saturated rings. The van der Waals surface area contributed by atoms with Crippen LogP contribution < -0.4 is 5.32 Å². The van der Waals surface area contributed by atoms with Crippen LogP contribution in [0.2, 0.25) is 0 Å². The zero-order valence-corrected chi connectivity index (χ0v) is 11.2. The predicted octanol–water partition coefficient (Wildman–Crippen LogP) is 3.01. The molecule has 17 heavy (non-hydrogen) atoms. The lowest BCUT2D eigenvalue weighted by atomic mass is 10.2. The van der Waals surface area contributed by atoms with Crippen LogP contribution in [0.4, 0.5) is 4.79 Å². The topological polar surface area (TPSA) is 38.3 Å². The van der Waals surface area contributed by atoms with Crippen LogP contribution in [0.25, 0.3) is 0 Å². The van der Waals surface area contributed by atoms with Crippen molar-refractivity contribution in [1.82, 2.24) is 5.32 Å². The number of hydrogen-bond donors (Lipinski definition) is 1. The predicted molar refractivity (Wildman–Crippen MR) is 70.1 cm³/mol. The molecule has 1 heterocycles. The van der Waals surface area contributed by atoms with Gasteiger partial charge in [0, 0.05) is 13.0 Å². The summed E-state index contributed by atoms with van der Waals surface area (Å²) in [6.45, 7) is 6.02. The monoisotopic (exact) mass is 251 g/mol. The van der Waals surface area contributed by atoms with E-state index in [-0.39, 0.29) is 0 Å². The number of carbonyl (C=O) groups excluding carboxylic acids is 1. The zero-order valence-electron chi connectivity index (χ0n) is 10.4. The van der Waals surface area contributed by atoms with Crippen molar-refractivity contribution >= 4 is 17.4 Å². The summed E-state index contributed by atoms with van der Waals surface area (Å²) >= 11 is 1.61. The number of carbonyl (C=O) groups is 1. The minimum Gasteiger partial charge on any atom is -0.444 e. The highest BCUT2D eigenvalue weighted by Gasteiger charge is 2.15. The maximum absolute atomic E-state index is 11.3. The first-order valence-corrected chi connectivity index (χ1v) is 6.34. The zero-order chi connectivity index (χ0) is 12.7. The molecule has 0 aliphatic heterocycles. The molecular weight excluding hydrogens is 234 g/mol. The van der Waals surface area contributed by atoms with Gasteiger partial charge in [0.15, 0.2) is 0 Å². The molecule has 0 aromatic carbocycles. The summed E-state index contributed by atoms with van der Waals surface area (Å²) in [5.41, 5.74) is -0.452. The summed E-state index contributed by atoms with van der Waals surface area (Å²) < 4.78 is 5.09. The summed E-state index contributed by atoms with van der Waals surface area (Å²) in [7, 11) is 0. The molecule has 1 aromatic rings. The fourth-order valence-electron chi connectivity index (χ4n) is 1.04. The van der Waals surface area contributed by atoms with Crippen LogP contribution in [-0.4, -0.2) is 18.2 Å². The van der Waals surface area contributed by atoms with Gasteiger partial charge in [-0.25, -0.2) is 4.79 Å². The Hall–Kier alpha value is -1.47. The van der Waals surface area contributed by atoms with Crippen molar-refractivity contribution in [1.29, 1.82) is 0 Å². The fourth-order valence-corrected chi connectivity index (χ4v) is 1.63. The first-order valence-electron chi connectivity index (χ1n) is 5.46. The number of thiophene rings is 1. The Bertz CT molecular complexity index is 407. The third-order valence-corrected chi connectivity index (χ3v) is 2.44. The van der Waals surface area contributed by atoms with Crippen molar-refractivity contribution in [2.24, 2.45) is 0 Å². The van der Waals surface area contributed by atoms with Crippen molar-refractivity contribution in [3.05, 3.63) is 22.4 Å². The number of amides is 1. The Morgan fingerprint density at radius 1 is 1.53 bits per heavy atom. The van der Waals surface area contributed by atoms with Crippen molar-refractivity contribution in [3.63, 3.8) is 0 Å². The summed E-state index contributed by atoms with van der Waals surface area (Å²) in [5, 5.41) is 4.65. The smallest absolute Gasteiger partial charge is 0.407 e. The van der Waals surface area contributed by atoms with Crippen LogP contribution in [0.15, 0.2) is 17.5 Å². The van der Waals surface area contributed by atoms with Crippen LogP contribution in [0.5, 0.6) is 0 Å². The minimum absolute atomic E-state index is 0.393. The molecule has 0 radical (unpaired) electrons. The molecule has 0 aliphatic carbocycles. The molecule has 0 saturated carbocycles. The first kappa shape index (κ1) is 13.6. The van der Waals surface area contributed by atoms with Gasteiger partial charge in [-0.3, -0.25) is 0 Å². The molecule has 92 valence electrons. The van der Waals surface area contributed by atoms with E-state index in [1.165, 1.54) is 0 Å². The second-order valence-corrected chi connectivity index (χ2v) is 5.41. The first-order chi connectivity index (χ1) is 7.97. The molecule has 0 unspecified atom stereocenters. The molecular formula is C13H17NO2S. The van der Waals surface area contributed by atoms with Crippen molar-refractivity contribution in [2.45, 2.75) is 32.8 Å². The van der Waals surface area contributed by atoms with E-state index in [2.05, 4.69) is 17.2 Å². The molecule has 0 atom stereocenters. The Morgan fingerprint density at radius 3 is 2.88 bits per heavy atom. The van der Waals surface area contributed by atoms with Gasteiger partial charge in [-0.1, -0.05) is 17.9 Å². The number of hydrogen-bond acceptors (Lipinski definition) is 3. The third-order valence-electron chi connectivity index (χ3n) is 1.65. The van der Waals surface area contributed by atoms with Crippen LogP contribution in [0, 0.1) is 11.8 Å². The van der Waals surface area contributed by atoms with Gasteiger partial charge in [-0.15, -0.1) is 11.3 Å². The van der Waals surface area contributed by atoms with E-state index >= 15 is 0 Å². The second kappa shape index (κ2) is 6.31. The Labute approximate surface area is 106 Å². The van der Waals surface area contributed by atoms with E-state index in [0.29, 0.717) is 13.0 Å². The van der Waals surface area contributed by atoms with Gasteiger partial charge < -0.3 is 10.1 Å². The van der Waals surface area contributed by atoms with Crippen molar-refractivity contribution in [2.75, 3.05) is 6.54 Å². The van der Waals surface area contributed by atoms with Gasteiger partial charge in [0.25, 0.3) is 0 Å². The average molecular weight is 251 g/mol.